The van der Waals surface area contributed by atoms with Crippen LogP contribution < -0.4 is 11.1 Å². The molecular weight excluding hydrogens is 276 g/mol. The quantitative estimate of drug-likeness (QED) is 0.755. The average molecular weight is 283 g/mol. The number of pyridine rings is 1. The highest BCUT2D eigenvalue weighted by Gasteiger charge is 2.11. The highest BCUT2D eigenvalue weighted by atomic mass is 79.9. The predicted octanol–water partition coefficient (Wildman–Crippen LogP) is 0.797. The Balaban J connectivity index is 2.18. The molecule has 82 valence electrons. The molecule has 8 heteroatoms. The number of nitrogens with one attached hydrogen (secondary N) is 2. The van der Waals surface area contributed by atoms with Crippen molar-refractivity contribution < 1.29 is 4.79 Å². The van der Waals surface area contributed by atoms with Crippen LogP contribution in [0.25, 0.3) is 0 Å². The van der Waals surface area contributed by atoms with Crippen LogP contribution in [0.1, 0.15) is 10.5 Å². The van der Waals surface area contributed by atoms with E-state index in [1.807, 2.05) is 0 Å². The van der Waals surface area contributed by atoms with E-state index in [0.29, 0.717) is 16.0 Å². The number of carbonyl (C=O) groups is 1. The number of amides is 1. The lowest BCUT2D eigenvalue weighted by molar-refractivity contribution is 0.102. The van der Waals surface area contributed by atoms with Gasteiger partial charge in [-0.3, -0.25) is 4.79 Å². The summed E-state index contributed by atoms with van der Waals surface area (Å²) in [5.41, 5.74) is 6.21. The van der Waals surface area contributed by atoms with Crippen LogP contribution in [0.3, 0.4) is 0 Å². The van der Waals surface area contributed by atoms with Gasteiger partial charge in [0.15, 0.2) is 5.69 Å². The number of nitrogens with zero attached hydrogens (tertiary/aromatic N) is 3. The molecule has 0 saturated heterocycles. The SMILES string of the molecule is Nc1cnc(NC(=O)c2cn[nH]n2)c(Br)c1. The molecule has 0 fully saturated rings. The van der Waals surface area contributed by atoms with E-state index in [1.165, 1.54) is 12.4 Å². The van der Waals surface area contributed by atoms with Gasteiger partial charge in [-0.05, 0) is 22.0 Å². The van der Waals surface area contributed by atoms with Crippen LogP contribution in [0.2, 0.25) is 0 Å². The third-order valence-electron chi connectivity index (χ3n) is 1.74. The number of nitrogens with two attached hydrogens (primary N) is 1. The molecule has 0 bridgehead atoms. The lowest BCUT2D eigenvalue weighted by Crippen LogP contribution is -2.14. The fourth-order valence-corrected chi connectivity index (χ4v) is 1.49. The largest absolute Gasteiger partial charge is 0.397 e. The number of hydrogen-bond acceptors (Lipinski definition) is 5. The number of halogens is 1. The Labute approximate surface area is 98.6 Å². The molecule has 0 aliphatic rings. The van der Waals surface area contributed by atoms with Gasteiger partial charge in [0.05, 0.1) is 22.6 Å². The Morgan fingerprint density at radius 2 is 2.31 bits per heavy atom. The molecule has 2 aromatic heterocycles. The van der Waals surface area contributed by atoms with Crippen molar-refractivity contribution in [2.24, 2.45) is 0 Å². The zero-order valence-electron chi connectivity index (χ0n) is 7.94. The molecule has 2 rings (SSSR count). The molecule has 4 N–H and O–H groups in total. The molecule has 0 aliphatic carbocycles. The number of aromatic nitrogens is 4. The summed E-state index contributed by atoms with van der Waals surface area (Å²) in [5, 5.41) is 12.1. The van der Waals surface area contributed by atoms with Crippen molar-refractivity contribution >= 4 is 33.3 Å². The zero-order valence-corrected chi connectivity index (χ0v) is 9.52. The number of hydrogen-bond donors (Lipinski definition) is 3. The predicted molar refractivity (Wildman–Crippen MR) is 60.7 cm³/mol. The fraction of sp³-hybridized carbons (Fsp3) is 0. The molecule has 0 spiro atoms. The first-order chi connectivity index (χ1) is 7.66. The Bertz CT molecular complexity index is 511. The van der Waals surface area contributed by atoms with E-state index in [2.05, 4.69) is 41.6 Å². The van der Waals surface area contributed by atoms with Crippen molar-refractivity contribution in [3.63, 3.8) is 0 Å². The summed E-state index contributed by atoms with van der Waals surface area (Å²) >= 11 is 3.24. The summed E-state index contributed by atoms with van der Waals surface area (Å²) in [4.78, 5) is 15.6. The highest BCUT2D eigenvalue weighted by molar-refractivity contribution is 9.10. The van der Waals surface area contributed by atoms with Gasteiger partial charge in [0, 0.05) is 0 Å². The van der Waals surface area contributed by atoms with Gasteiger partial charge in [0.2, 0.25) is 0 Å². The minimum absolute atomic E-state index is 0.186. The van der Waals surface area contributed by atoms with Gasteiger partial charge >= 0.3 is 0 Å². The first-order valence-corrected chi connectivity index (χ1v) is 5.04. The number of carbonyl (C=O) groups excluding carboxylic acids is 1. The first kappa shape index (κ1) is 10.6. The van der Waals surface area contributed by atoms with Crippen molar-refractivity contribution in [1.82, 2.24) is 20.4 Å². The molecule has 0 aromatic carbocycles. The summed E-state index contributed by atoms with van der Waals surface area (Å²) in [7, 11) is 0. The second-order valence-corrected chi connectivity index (χ2v) is 3.76. The van der Waals surface area contributed by atoms with Crippen molar-refractivity contribution in [2.75, 3.05) is 11.1 Å². The van der Waals surface area contributed by atoms with Crippen molar-refractivity contribution in [3.05, 3.63) is 28.6 Å². The summed E-state index contributed by atoms with van der Waals surface area (Å²) in [5.74, 6) is -0.0195. The van der Waals surface area contributed by atoms with Crippen LogP contribution in [-0.4, -0.2) is 26.3 Å². The van der Waals surface area contributed by atoms with E-state index in [1.54, 1.807) is 6.07 Å². The van der Waals surface area contributed by atoms with E-state index < -0.39 is 5.91 Å². The van der Waals surface area contributed by atoms with Crippen LogP contribution in [0.15, 0.2) is 22.9 Å². The van der Waals surface area contributed by atoms with Gasteiger partial charge in [-0.25, -0.2) is 4.98 Å². The van der Waals surface area contributed by atoms with E-state index in [0.717, 1.165) is 0 Å². The summed E-state index contributed by atoms with van der Waals surface area (Å²) in [6, 6.07) is 1.64. The number of nitrogen functional groups attached to an aromatic ring is 1. The Hall–Kier alpha value is -1.96. The van der Waals surface area contributed by atoms with Gasteiger partial charge in [-0.2, -0.15) is 15.4 Å². The monoisotopic (exact) mass is 282 g/mol. The van der Waals surface area contributed by atoms with Crippen molar-refractivity contribution in [1.29, 1.82) is 0 Å². The third kappa shape index (κ3) is 2.16. The summed E-state index contributed by atoms with van der Waals surface area (Å²) in [6.07, 6.45) is 2.77. The molecular formula is C8H7BrN6O. The van der Waals surface area contributed by atoms with Gasteiger partial charge in [-0.1, -0.05) is 0 Å². The second kappa shape index (κ2) is 4.27. The molecule has 0 atom stereocenters. The summed E-state index contributed by atoms with van der Waals surface area (Å²) in [6.45, 7) is 0. The molecule has 2 heterocycles. The lowest BCUT2D eigenvalue weighted by atomic mass is 10.4. The van der Waals surface area contributed by atoms with Crippen LogP contribution in [0.5, 0.6) is 0 Å². The van der Waals surface area contributed by atoms with E-state index >= 15 is 0 Å². The molecule has 1 amide bonds. The molecule has 16 heavy (non-hydrogen) atoms. The van der Waals surface area contributed by atoms with Gasteiger partial charge in [0.1, 0.15) is 5.82 Å². The Morgan fingerprint density at radius 3 is 2.94 bits per heavy atom. The molecule has 0 unspecified atom stereocenters. The number of anilines is 2. The average Bonchev–Trinajstić information content (AvgIpc) is 2.75. The maximum absolute atomic E-state index is 11.6. The minimum atomic E-state index is -0.397. The normalized spacial score (nSPS) is 10.1. The topological polar surface area (TPSA) is 110 Å². The van der Waals surface area contributed by atoms with Gasteiger partial charge in [0.25, 0.3) is 5.91 Å². The number of H-pyrrole nitrogens is 1. The number of rotatable bonds is 2. The molecule has 0 saturated carbocycles. The molecule has 0 aliphatic heterocycles. The molecule has 0 radical (unpaired) electrons. The van der Waals surface area contributed by atoms with Gasteiger partial charge < -0.3 is 11.1 Å². The van der Waals surface area contributed by atoms with E-state index in [4.69, 9.17) is 5.73 Å². The van der Waals surface area contributed by atoms with E-state index in [9.17, 15) is 4.79 Å². The maximum Gasteiger partial charge on any atom is 0.279 e. The lowest BCUT2D eigenvalue weighted by Gasteiger charge is -2.04. The summed E-state index contributed by atoms with van der Waals surface area (Å²) < 4.78 is 0.601. The highest BCUT2D eigenvalue weighted by Crippen LogP contribution is 2.21. The minimum Gasteiger partial charge on any atom is -0.397 e. The fourth-order valence-electron chi connectivity index (χ4n) is 1.03. The smallest absolute Gasteiger partial charge is 0.279 e. The van der Waals surface area contributed by atoms with Crippen LogP contribution in [0.4, 0.5) is 11.5 Å². The number of aromatic amines is 1. The third-order valence-corrected chi connectivity index (χ3v) is 2.35. The van der Waals surface area contributed by atoms with E-state index in [-0.39, 0.29) is 5.69 Å². The van der Waals surface area contributed by atoms with Crippen LogP contribution in [0, 0.1) is 0 Å². The van der Waals surface area contributed by atoms with Crippen molar-refractivity contribution in [3.8, 4) is 0 Å². The van der Waals surface area contributed by atoms with Crippen LogP contribution in [-0.2, 0) is 0 Å². The maximum atomic E-state index is 11.6. The molecule has 7 nitrogen and oxygen atoms in total. The van der Waals surface area contributed by atoms with Crippen LogP contribution >= 0.6 is 15.9 Å². The standard InChI is InChI=1S/C8H7BrN6O/c9-5-1-4(10)2-11-7(5)13-8(16)6-3-12-15-14-6/h1-3H,10H2,(H,11,13,16)(H,12,14,15). The second-order valence-electron chi connectivity index (χ2n) is 2.91. The van der Waals surface area contributed by atoms with Crippen molar-refractivity contribution in [2.45, 2.75) is 0 Å². The van der Waals surface area contributed by atoms with Gasteiger partial charge in [-0.15, -0.1) is 0 Å². The first-order valence-electron chi connectivity index (χ1n) is 4.25. The zero-order chi connectivity index (χ0) is 11.5. The Morgan fingerprint density at radius 1 is 1.50 bits per heavy atom. The Kier molecular flexibility index (Phi) is 2.82. The molecule has 2 aromatic rings.